The molecule has 0 aromatic heterocycles. The predicted octanol–water partition coefficient (Wildman–Crippen LogP) is 5.39. The van der Waals surface area contributed by atoms with Gasteiger partial charge in [0.1, 0.15) is 23.5 Å². The molecule has 0 N–H and O–H groups in total. The van der Waals surface area contributed by atoms with E-state index in [0.29, 0.717) is 25.3 Å². The van der Waals surface area contributed by atoms with Crippen molar-refractivity contribution in [2.24, 2.45) is 0 Å². The number of hydrogen-bond acceptors (Lipinski definition) is 4. The number of para-hydroxylation sites is 1. The summed E-state index contributed by atoms with van der Waals surface area (Å²) in [6.07, 6.45) is 0.847. The van der Waals surface area contributed by atoms with E-state index in [9.17, 15) is 10.1 Å². The molecule has 174 valence electrons. The van der Waals surface area contributed by atoms with Gasteiger partial charge in [-0.15, -0.1) is 0 Å². The Kier molecular flexibility index (Phi) is 4.46. The van der Waals surface area contributed by atoms with Crippen molar-refractivity contribution in [2.45, 2.75) is 18.4 Å². The molecule has 3 aliphatic heterocycles. The van der Waals surface area contributed by atoms with Gasteiger partial charge < -0.3 is 14.4 Å². The maximum Gasteiger partial charge on any atom is 0.246 e. The lowest BCUT2D eigenvalue weighted by Crippen LogP contribution is -2.42. The zero-order valence-corrected chi connectivity index (χ0v) is 19.5. The summed E-state index contributed by atoms with van der Waals surface area (Å²) in [5.41, 5.74) is 6.71. The number of amides is 1. The standard InChI is InChI=1S/C31H22N2O3/c32-17-23-5-1-2-6-24(23)21-11-9-20(10-12-21)18-33-27-8-4-3-7-25(27)31(30(33)34)19-36-29-16-28-22(13-14-35-28)15-26(29)31/h1-12,15-16H,13-14,18-19H2. The Balaban J connectivity index is 1.26. The summed E-state index contributed by atoms with van der Waals surface area (Å²) in [5, 5.41) is 9.46. The van der Waals surface area contributed by atoms with Crippen LogP contribution in [0.4, 0.5) is 5.69 Å². The number of nitriles is 1. The Bertz CT molecular complexity index is 1580. The first-order valence-corrected chi connectivity index (χ1v) is 12.1. The van der Waals surface area contributed by atoms with Crippen molar-refractivity contribution in [2.75, 3.05) is 18.1 Å². The minimum Gasteiger partial charge on any atom is -0.493 e. The molecule has 5 nitrogen and oxygen atoms in total. The number of carbonyl (C=O) groups excluding carboxylic acids is 1. The van der Waals surface area contributed by atoms with Crippen molar-refractivity contribution < 1.29 is 14.3 Å². The van der Waals surface area contributed by atoms with Gasteiger partial charge in [0.05, 0.1) is 24.8 Å². The average Bonchev–Trinajstić information content (AvgIpc) is 3.60. The van der Waals surface area contributed by atoms with Crippen LogP contribution in [0.25, 0.3) is 11.1 Å². The molecule has 0 aliphatic carbocycles. The Labute approximate surface area is 209 Å². The molecule has 0 saturated heterocycles. The molecule has 7 rings (SSSR count). The molecule has 0 bridgehead atoms. The summed E-state index contributed by atoms with van der Waals surface area (Å²) in [5.74, 6) is 1.64. The van der Waals surface area contributed by atoms with Crippen LogP contribution in [-0.4, -0.2) is 19.1 Å². The Morgan fingerprint density at radius 1 is 0.889 bits per heavy atom. The monoisotopic (exact) mass is 470 g/mol. The molecule has 1 spiro atoms. The number of anilines is 1. The minimum atomic E-state index is -0.838. The third-order valence-corrected chi connectivity index (χ3v) is 7.61. The Hall–Kier alpha value is -4.56. The molecule has 1 amide bonds. The highest BCUT2D eigenvalue weighted by Gasteiger charge is 2.57. The largest absolute Gasteiger partial charge is 0.493 e. The van der Waals surface area contributed by atoms with E-state index in [-0.39, 0.29) is 5.91 Å². The van der Waals surface area contributed by atoms with E-state index in [1.54, 1.807) is 0 Å². The van der Waals surface area contributed by atoms with Gasteiger partial charge in [-0.3, -0.25) is 4.79 Å². The normalized spacial score (nSPS) is 18.9. The number of hydrogen-bond donors (Lipinski definition) is 0. The quantitative estimate of drug-likeness (QED) is 0.403. The van der Waals surface area contributed by atoms with Gasteiger partial charge in [-0.25, -0.2) is 0 Å². The number of ether oxygens (including phenoxy) is 2. The van der Waals surface area contributed by atoms with Crippen molar-refractivity contribution in [1.29, 1.82) is 5.26 Å². The molecular formula is C31H22N2O3. The van der Waals surface area contributed by atoms with Crippen molar-refractivity contribution in [1.82, 2.24) is 0 Å². The molecule has 3 heterocycles. The van der Waals surface area contributed by atoms with Crippen LogP contribution in [0.1, 0.15) is 27.8 Å². The minimum absolute atomic E-state index is 0.0419. The lowest BCUT2D eigenvalue weighted by Gasteiger charge is -2.23. The Morgan fingerprint density at radius 2 is 1.69 bits per heavy atom. The molecule has 4 aromatic rings. The van der Waals surface area contributed by atoms with E-state index >= 15 is 0 Å². The summed E-state index contributed by atoms with van der Waals surface area (Å²) in [6.45, 7) is 1.42. The highest BCUT2D eigenvalue weighted by Crippen LogP contribution is 2.54. The van der Waals surface area contributed by atoms with Crippen LogP contribution in [-0.2, 0) is 23.2 Å². The lowest BCUT2D eigenvalue weighted by atomic mass is 9.76. The summed E-state index contributed by atoms with van der Waals surface area (Å²) < 4.78 is 11.9. The van der Waals surface area contributed by atoms with Crippen molar-refractivity contribution in [3.05, 3.63) is 113 Å². The fourth-order valence-electron chi connectivity index (χ4n) is 5.81. The van der Waals surface area contributed by atoms with Crippen molar-refractivity contribution in [3.8, 4) is 28.7 Å². The van der Waals surface area contributed by atoms with E-state index in [1.165, 1.54) is 0 Å². The maximum atomic E-state index is 14.2. The number of nitrogens with zero attached hydrogens (tertiary/aromatic N) is 2. The molecule has 4 aromatic carbocycles. The van der Waals surface area contributed by atoms with Gasteiger partial charge in [0, 0.05) is 23.7 Å². The van der Waals surface area contributed by atoms with Gasteiger partial charge in [0.2, 0.25) is 5.91 Å². The van der Waals surface area contributed by atoms with Crippen LogP contribution in [0.15, 0.2) is 84.9 Å². The summed E-state index contributed by atoms with van der Waals surface area (Å²) >= 11 is 0. The van der Waals surface area contributed by atoms with Crippen LogP contribution in [0, 0.1) is 11.3 Å². The molecule has 0 radical (unpaired) electrons. The molecule has 1 unspecified atom stereocenters. The predicted molar refractivity (Wildman–Crippen MR) is 136 cm³/mol. The number of carbonyl (C=O) groups is 1. The van der Waals surface area contributed by atoms with Crippen LogP contribution in [0.5, 0.6) is 11.5 Å². The molecule has 0 fully saturated rings. The zero-order chi connectivity index (χ0) is 24.3. The van der Waals surface area contributed by atoms with Gasteiger partial charge in [-0.2, -0.15) is 5.26 Å². The molecule has 3 aliphatic rings. The molecular weight excluding hydrogens is 448 g/mol. The average molecular weight is 471 g/mol. The van der Waals surface area contributed by atoms with E-state index in [0.717, 1.165) is 57.0 Å². The lowest BCUT2D eigenvalue weighted by molar-refractivity contribution is -0.122. The number of benzene rings is 4. The highest BCUT2D eigenvalue weighted by atomic mass is 16.5. The SMILES string of the molecule is N#Cc1ccccc1-c1ccc(CN2C(=O)C3(COc4cc5c(cc43)CCO5)c3ccccc32)cc1. The van der Waals surface area contributed by atoms with Gasteiger partial charge >= 0.3 is 0 Å². The molecule has 1 atom stereocenters. The fraction of sp³-hybridized carbons (Fsp3) is 0.161. The number of rotatable bonds is 3. The molecule has 5 heteroatoms. The summed E-state index contributed by atoms with van der Waals surface area (Å²) in [6, 6.07) is 30.1. The van der Waals surface area contributed by atoms with Crippen LogP contribution < -0.4 is 14.4 Å². The number of fused-ring (bicyclic) bond motifs is 5. The fourth-order valence-corrected chi connectivity index (χ4v) is 5.81. The van der Waals surface area contributed by atoms with E-state index in [1.807, 2.05) is 77.7 Å². The van der Waals surface area contributed by atoms with Crippen LogP contribution in [0.3, 0.4) is 0 Å². The molecule has 0 saturated carbocycles. The maximum absolute atomic E-state index is 14.2. The second-order valence-corrected chi connectivity index (χ2v) is 9.51. The second-order valence-electron chi connectivity index (χ2n) is 9.51. The first-order chi connectivity index (χ1) is 17.7. The van der Waals surface area contributed by atoms with E-state index in [2.05, 4.69) is 18.2 Å². The van der Waals surface area contributed by atoms with Crippen LogP contribution in [0.2, 0.25) is 0 Å². The van der Waals surface area contributed by atoms with Gasteiger partial charge in [0.25, 0.3) is 0 Å². The van der Waals surface area contributed by atoms with E-state index in [4.69, 9.17) is 9.47 Å². The zero-order valence-electron chi connectivity index (χ0n) is 19.5. The summed E-state index contributed by atoms with van der Waals surface area (Å²) in [4.78, 5) is 16.1. The second kappa shape index (κ2) is 7.73. The third-order valence-electron chi connectivity index (χ3n) is 7.61. The van der Waals surface area contributed by atoms with Crippen molar-refractivity contribution in [3.63, 3.8) is 0 Å². The first kappa shape index (κ1) is 20.8. The topological polar surface area (TPSA) is 62.6 Å². The third kappa shape index (κ3) is 2.85. The van der Waals surface area contributed by atoms with Crippen molar-refractivity contribution >= 4 is 11.6 Å². The van der Waals surface area contributed by atoms with E-state index < -0.39 is 5.41 Å². The summed E-state index contributed by atoms with van der Waals surface area (Å²) in [7, 11) is 0. The molecule has 36 heavy (non-hydrogen) atoms. The van der Waals surface area contributed by atoms with Gasteiger partial charge in [-0.05, 0) is 46.0 Å². The van der Waals surface area contributed by atoms with Gasteiger partial charge in [-0.1, -0.05) is 60.7 Å². The van der Waals surface area contributed by atoms with Crippen LogP contribution >= 0.6 is 0 Å². The Morgan fingerprint density at radius 3 is 2.56 bits per heavy atom. The van der Waals surface area contributed by atoms with Gasteiger partial charge in [0.15, 0.2) is 0 Å². The smallest absolute Gasteiger partial charge is 0.246 e. The highest BCUT2D eigenvalue weighted by molar-refractivity contribution is 6.11. The first-order valence-electron chi connectivity index (χ1n) is 12.1.